The molecule has 0 unspecified atom stereocenters. The topological polar surface area (TPSA) is 81.4 Å². The Morgan fingerprint density at radius 3 is 3.00 bits per heavy atom. The zero-order chi connectivity index (χ0) is 16.4. The highest BCUT2D eigenvalue weighted by Gasteiger charge is 2.18. The number of aryl methyl sites for hydroxylation is 1. The molecule has 3 aromatic heterocycles. The Bertz CT molecular complexity index is 865. The number of carbonyl (C=O) groups excluding carboxylic acids is 1. The van der Waals surface area contributed by atoms with Gasteiger partial charge in [0, 0.05) is 18.1 Å². The summed E-state index contributed by atoms with van der Waals surface area (Å²) in [4.78, 5) is 20.4. The normalized spacial score (nSPS) is 11.0. The van der Waals surface area contributed by atoms with E-state index in [1.807, 2.05) is 0 Å². The number of nitrogens with one attached hydrogen (secondary N) is 1. The standard InChI is InChI=1S/C14H11F2N5O2/c1-8-4-6-21-12(19-8)9(7-18-21)13(22)20-11-10(23-14(15)16)3-2-5-17-11/h2-7,14H,1H3,(H,17,20,22). The third-order valence-electron chi connectivity index (χ3n) is 2.97. The first kappa shape index (κ1) is 14.8. The first-order chi connectivity index (χ1) is 11.0. The molecule has 0 saturated heterocycles. The summed E-state index contributed by atoms with van der Waals surface area (Å²) in [5, 5.41) is 6.44. The van der Waals surface area contributed by atoms with Crippen molar-refractivity contribution in [3.63, 3.8) is 0 Å². The molecule has 0 aliphatic heterocycles. The number of ether oxygens (including phenoxy) is 1. The number of amides is 1. The average Bonchev–Trinajstić information content (AvgIpc) is 2.91. The van der Waals surface area contributed by atoms with E-state index in [0.717, 1.165) is 0 Å². The minimum atomic E-state index is -3.02. The van der Waals surface area contributed by atoms with Crippen LogP contribution in [-0.2, 0) is 0 Å². The number of anilines is 1. The summed E-state index contributed by atoms with van der Waals surface area (Å²) in [5.74, 6) is -0.905. The van der Waals surface area contributed by atoms with E-state index in [2.05, 4.69) is 25.1 Å². The summed E-state index contributed by atoms with van der Waals surface area (Å²) in [6, 6.07) is 4.45. The van der Waals surface area contributed by atoms with Gasteiger partial charge in [-0.3, -0.25) is 4.79 Å². The third kappa shape index (κ3) is 3.07. The monoisotopic (exact) mass is 319 g/mol. The van der Waals surface area contributed by atoms with Crippen molar-refractivity contribution in [2.75, 3.05) is 5.32 Å². The van der Waals surface area contributed by atoms with Gasteiger partial charge in [0.25, 0.3) is 5.91 Å². The van der Waals surface area contributed by atoms with Crippen molar-refractivity contribution in [3.8, 4) is 5.75 Å². The van der Waals surface area contributed by atoms with Crippen LogP contribution in [0.15, 0.2) is 36.8 Å². The summed E-state index contributed by atoms with van der Waals surface area (Å²) < 4.78 is 30.5. The quantitative estimate of drug-likeness (QED) is 0.798. The number of rotatable bonds is 4. The minimum absolute atomic E-state index is 0.107. The van der Waals surface area contributed by atoms with Crippen LogP contribution in [0.1, 0.15) is 16.1 Å². The van der Waals surface area contributed by atoms with Gasteiger partial charge >= 0.3 is 6.61 Å². The molecule has 0 bridgehead atoms. The van der Waals surface area contributed by atoms with Gasteiger partial charge in [-0.2, -0.15) is 13.9 Å². The largest absolute Gasteiger partial charge is 0.431 e. The van der Waals surface area contributed by atoms with Crippen LogP contribution in [0, 0.1) is 6.92 Å². The van der Waals surface area contributed by atoms with Crippen molar-refractivity contribution in [1.29, 1.82) is 0 Å². The molecule has 9 heteroatoms. The second-order valence-electron chi connectivity index (χ2n) is 4.58. The van der Waals surface area contributed by atoms with E-state index in [4.69, 9.17) is 0 Å². The molecule has 1 amide bonds. The SMILES string of the molecule is Cc1ccn2ncc(C(=O)Nc3ncccc3OC(F)F)c2n1. The zero-order valence-electron chi connectivity index (χ0n) is 11.9. The number of fused-ring (bicyclic) bond motifs is 1. The molecular formula is C14H11F2N5O2. The Balaban J connectivity index is 1.91. The molecule has 0 spiro atoms. The van der Waals surface area contributed by atoms with Crippen LogP contribution in [-0.4, -0.2) is 32.1 Å². The number of halogens is 2. The predicted molar refractivity (Wildman–Crippen MR) is 76.5 cm³/mol. The van der Waals surface area contributed by atoms with Crippen molar-refractivity contribution < 1.29 is 18.3 Å². The minimum Gasteiger partial charge on any atom is -0.431 e. The fraction of sp³-hybridized carbons (Fsp3) is 0.143. The number of nitrogens with zero attached hydrogens (tertiary/aromatic N) is 4. The lowest BCUT2D eigenvalue weighted by Gasteiger charge is -2.09. The maximum Gasteiger partial charge on any atom is 0.387 e. The molecule has 3 rings (SSSR count). The molecule has 3 heterocycles. The summed E-state index contributed by atoms with van der Waals surface area (Å²) in [6.07, 6.45) is 4.36. The van der Waals surface area contributed by atoms with Gasteiger partial charge in [0.05, 0.1) is 6.20 Å². The lowest BCUT2D eigenvalue weighted by Crippen LogP contribution is -2.15. The van der Waals surface area contributed by atoms with Crippen molar-refractivity contribution in [1.82, 2.24) is 19.6 Å². The number of aromatic nitrogens is 4. The van der Waals surface area contributed by atoms with Crippen LogP contribution in [0.4, 0.5) is 14.6 Å². The number of pyridine rings is 1. The third-order valence-corrected chi connectivity index (χ3v) is 2.97. The van der Waals surface area contributed by atoms with Crippen molar-refractivity contribution in [2.45, 2.75) is 13.5 Å². The van der Waals surface area contributed by atoms with Gasteiger partial charge in [0.2, 0.25) is 0 Å². The highest BCUT2D eigenvalue weighted by molar-refractivity contribution is 6.08. The molecule has 0 saturated carbocycles. The molecule has 7 nitrogen and oxygen atoms in total. The molecule has 23 heavy (non-hydrogen) atoms. The van der Waals surface area contributed by atoms with Crippen LogP contribution in [0.3, 0.4) is 0 Å². The molecule has 3 aromatic rings. The van der Waals surface area contributed by atoms with Crippen LogP contribution in [0.25, 0.3) is 5.65 Å². The van der Waals surface area contributed by atoms with Gasteiger partial charge < -0.3 is 10.1 Å². The van der Waals surface area contributed by atoms with E-state index < -0.39 is 12.5 Å². The van der Waals surface area contributed by atoms with E-state index in [1.165, 1.54) is 29.0 Å². The highest BCUT2D eigenvalue weighted by Crippen LogP contribution is 2.23. The number of carbonyl (C=O) groups is 1. The molecule has 0 aliphatic rings. The van der Waals surface area contributed by atoms with Gasteiger partial charge in [-0.05, 0) is 25.1 Å². The number of hydrogen-bond acceptors (Lipinski definition) is 5. The summed E-state index contributed by atoms with van der Waals surface area (Å²) in [7, 11) is 0. The first-order valence-corrected chi connectivity index (χ1v) is 6.57. The predicted octanol–water partition coefficient (Wildman–Crippen LogP) is 2.29. The molecular weight excluding hydrogens is 308 g/mol. The van der Waals surface area contributed by atoms with Crippen LogP contribution < -0.4 is 10.1 Å². The number of alkyl halides is 2. The summed E-state index contributed by atoms with van der Waals surface area (Å²) in [6.45, 7) is -1.24. The summed E-state index contributed by atoms with van der Waals surface area (Å²) in [5.41, 5.74) is 1.27. The highest BCUT2D eigenvalue weighted by atomic mass is 19.3. The molecule has 0 radical (unpaired) electrons. The fourth-order valence-electron chi connectivity index (χ4n) is 1.97. The van der Waals surface area contributed by atoms with E-state index in [-0.39, 0.29) is 17.1 Å². The maximum absolute atomic E-state index is 12.4. The molecule has 0 aliphatic carbocycles. The maximum atomic E-state index is 12.4. The Kier molecular flexibility index (Phi) is 3.83. The smallest absolute Gasteiger partial charge is 0.387 e. The van der Waals surface area contributed by atoms with Gasteiger partial charge in [0.15, 0.2) is 17.2 Å². The van der Waals surface area contributed by atoms with Crippen molar-refractivity contribution in [3.05, 3.63) is 48.0 Å². The molecule has 118 valence electrons. The zero-order valence-corrected chi connectivity index (χ0v) is 11.9. The Morgan fingerprint density at radius 1 is 1.39 bits per heavy atom. The summed E-state index contributed by atoms with van der Waals surface area (Å²) >= 11 is 0. The fourth-order valence-corrected chi connectivity index (χ4v) is 1.97. The Labute approximate surface area is 128 Å². The van der Waals surface area contributed by atoms with E-state index in [0.29, 0.717) is 11.3 Å². The van der Waals surface area contributed by atoms with E-state index in [1.54, 1.807) is 19.2 Å². The lowest BCUT2D eigenvalue weighted by atomic mass is 10.3. The second kappa shape index (κ2) is 5.95. The van der Waals surface area contributed by atoms with Gasteiger partial charge in [-0.25, -0.2) is 14.5 Å². The molecule has 1 N–H and O–H groups in total. The Morgan fingerprint density at radius 2 is 2.22 bits per heavy atom. The van der Waals surface area contributed by atoms with Gasteiger partial charge in [0.1, 0.15) is 5.56 Å². The average molecular weight is 319 g/mol. The van der Waals surface area contributed by atoms with Crippen molar-refractivity contribution in [2.24, 2.45) is 0 Å². The Hall–Kier alpha value is -3.10. The van der Waals surface area contributed by atoms with Crippen LogP contribution >= 0.6 is 0 Å². The molecule has 0 atom stereocenters. The lowest BCUT2D eigenvalue weighted by molar-refractivity contribution is -0.0495. The van der Waals surface area contributed by atoms with Gasteiger partial charge in [-0.15, -0.1) is 0 Å². The van der Waals surface area contributed by atoms with E-state index in [9.17, 15) is 13.6 Å². The number of hydrogen-bond donors (Lipinski definition) is 1. The van der Waals surface area contributed by atoms with Crippen LogP contribution in [0.5, 0.6) is 5.75 Å². The second-order valence-corrected chi connectivity index (χ2v) is 4.58. The molecule has 0 aromatic carbocycles. The first-order valence-electron chi connectivity index (χ1n) is 6.57. The van der Waals surface area contributed by atoms with Crippen molar-refractivity contribution >= 4 is 17.4 Å². The molecule has 0 fully saturated rings. The van der Waals surface area contributed by atoms with Crippen LogP contribution in [0.2, 0.25) is 0 Å². The van der Waals surface area contributed by atoms with E-state index >= 15 is 0 Å². The van der Waals surface area contributed by atoms with Gasteiger partial charge in [-0.1, -0.05) is 0 Å².